The van der Waals surface area contributed by atoms with Crippen LogP contribution in [0.1, 0.15) is 40.0 Å². The third kappa shape index (κ3) is 8.18. The molecule has 0 aliphatic rings. The second-order valence-electron chi connectivity index (χ2n) is 4.57. The summed E-state index contributed by atoms with van der Waals surface area (Å²) in [6, 6.07) is 0. The minimum atomic E-state index is -3.30. The van der Waals surface area contributed by atoms with Gasteiger partial charge in [0.05, 0.1) is 11.5 Å². The van der Waals surface area contributed by atoms with Crippen LogP contribution in [0.25, 0.3) is 0 Å². The first-order valence-electron chi connectivity index (χ1n) is 7.05. The van der Waals surface area contributed by atoms with Crippen LogP contribution in [-0.4, -0.2) is 52.3 Å². The number of sulfonamides is 2. The van der Waals surface area contributed by atoms with E-state index in [4.69, 9.17) is 0 Å². The lowest BCUT2D eigenvalue weighted by Crippen LogP contribution is -2.34. The fourth-order valence-electron chi connectivity index (χ4n) is 1.77. The molecule has 0 amide bonds. The van der Waals surface area contributed by atoms with E-state index < -0.39 is 20.0 Å². The van der Waals surface area contributed by atoms with Crippen LogP contribution in [0.5, 0.6) is 0 Å². The number of unbranched alkanes of at least 4 members (excludes halogenated alkanes) is 1. The lowest BCUT2D eigenvalue weighted by Gasteiger charge is -2.20. The Kier molecular flexibility index (Phi) is 9.61. The van der Waals surface area contributed by atoms with Gasteiger partial charge in [-0.15, -0.1) is 0 Å². The molecule has 20 heavy (non-hydrogen) atoms. The average Bonchev–Trinajstić information content (AvgIpc) is 2.34. The fourth-order valence-corrected chi connectivity index (χ4v) is 4.45. The normalized spacial score (nSPS) is 13.0. The summed E-state index contributed by atoms with van der Waals surface area (Å²) in [7, 11) is -6.59. The molecule has 1 radical (unpaired) electrons. The van der Waals surface area contributed by atoms with Crippen molar-refractivity contribution < 1.29 is 16.8 Å². The van der Waals surface area contributed by atoms with E-state index >= 15 is 0 Å². The number of hydrogen-bond acceptors (Lipinski definition) is 4. The molecule has 0 aromatic rings. The quantitative estimate of drug-likeness (QED) is 0.541. The van der Waals surface area contributed by atoms with Gasteiger partial charge in [-0.1, -0.05) is 20.8 Å². The molecule has 0 fully saturated rings. The SMILES string of the molecule is CCCN(CCC)S(=O)(=O)CC[CH]CS(=O)(=O)NCC. The number of rotatable bonds is 12. The Labute approximate surface area is 124 Å². The molecule has 0 heterocycles. The zero-order valence-corrected chi connectivity index (χ0v) is 14.3. The summed E-state index contributed by atoms with van der Waals surface area (Å²) >= 11 is 0. The van der Waals surface area contributed by atoms with Crippen LogP contribution in [0.15, 0.2) is 0 Å². The molecule has 0 aliphatic carbocycles. The van der Waals surface area contributed by atoms with Crippen LogP contribution < -0.4 is 4.72 Å². The van der Waals surface area contributed by atoms with Crippen molar-refractivity contribution in [1.29, 1.82) is 0 Å². The van der Waals surface area contributed by atoms with Gasteiger partial charge in [-0.05, 0) is 25.7 Å². The highest BCUT2D eigenvalue weighted by Crippen LogP contribution is 2.07. The molecular formula is C12H27N2O4S2. The smallest absolute Gasteiger partial charge is 0.214 e. The Morgan fingerprint density at radius 1 is 1.00 bits per heavy atom. The van der Waals surface area contributed by atoms with Crippen molar-refractivity contribution in [1.82, 2.24) is 9.03 Å². The second kappa shape index (κ2) is 9.70. The summed E-state index contributed by atoms with van der Waals surface area (Å²) in [5.41, 5.74) is 0. The molecule has 6 nitrogen and oxygen atoms in total. The molecule has 0 aliphatic heterocycles. The summed E-state index contributed by atoms with van der Waals surface area (Å²) in [5, 5.41) is 0. The lowest BCUT2D eigenvalue weighted by molar-refractivity contribution is 0.409. The summed E-state index contributed by atoms with van der Waals surface area (Å²) in [5.74, 6) is -0.174. The van der Waals surface area contributed by atoms with Crippen LogP contribution in [0, 0.1) is 6.42 Å². The highest BCUT2D eigenvalue weighted by molar-refractivity contribution is 7.89. The molecule has 0 aromatic heterocycles. The van der Waals surface area contributed by atoms with E-state index in [0.717, 1.165) is 12.8 Å². The topological polar surface area (TPSA) is 83.6 Å². The molecule has 0 aromatic carbocycles. The zero-order valence-electron chi connectivity index (χ0n) is 12.6. The molecule has 0 atom stereocenters. The minimum Gasteiger partial charge on any atom is -0.216 e. The van der Waals surface area contributed by atoms with E-state index in [1.165, 1.54) is 10.7 Å². The van der Waals surface area contributed by atoms with E-state index in [1.807, 2.05) is 13.8 Å². The molecule has 0 saturated heterocycles. The molecule has 0 bridgehead atoms. The first-order chi connectivity index (χ1) is 9.29. The van der Waals surface area contributed by atoms with Gasteiger partial charge in [-0.25, -0.2) is 25.9 Å². The Morgan fingerprint density at radius 3 is 2.00 bits per heavy atom. The maximum Gasteiger partial charge on any atom is 0.214 e. The third-order valence-corrected chi connectivity index (χ3v) is 5.93. The minimum absolute atomic E-state index is 0.0331. The van der Waals surface area contributed by atoms with Gasteiger partial charge in [0.15, 0.2) is 0 Å². The molecule has 0 unspecified atom stereocenters. The molecule has 0 spiro atoms. The highest BCUT2D eigenvalue weighted by atomic mass is 32.2. The van der Waals surface area contributed by atoms with Crippen molar-refractivity contribution in [3.05, 3.63) is 6.42 Å². The van der Waals surface area contributed by atoms with E-state index in [1.54, 1.807) is 6.92 Å². The molecule has 1 N–H and O–H groups in total. The molecule has 0 rings (SSSR count). The molecule has 0 saturated carbocycles. The van der Waals surface area contributed by atoms with Crippen molar-refractivity contribution in [3.8, 4) is 0 Å². The number of nitrogens with one attached hydrogen (secondary N) is 1. The summed E-state index contributed by atoms with van der Waals surface area (Å²) < 4.78 is 50.8. The number of hydrogen-bond donors (Lipinski definition) is 1. The second-order valence-corrected chi connectivity index (χ2v) is 8.51. The van der Waals surface area contributed by atoms with Crippen molar-refractivity contribution in [2.75, 3.05) is 31.1 Å². The fraction of sp³-hybridized carbons (Fsp3) is 0.917. The van der Waals surface area contributed by atoms with E-state index in [9.17, 15) is 16.8 Å². The Bertz CT molecular complexity index is 440. The maximum atomic E-state index is 12.1. The van der Waals surface area contributed by atoms with Crippen LogP contribution in [0.3, 0.4) is 0 Å². The van der Waals surface area contributed by atoms with Crippen LogP contribution in [0.4, 0.5) is 0 Å². The largest absolute Gasteiger partial charge is 0.216 e. The average molecular weight is 327 g/mol. The van der Waals surface area contributed by atoms with Gasteiger partial charge in [0.1, 0.15) is 0 Å². The van der Waals surface area contributed by atoms with Gasteiger partial charge in [-0.3, -0.25) is 0 Å². The van der Waals surface area contributed by atoms with Gasteiger partial charge in [0.2, 0.25) is 20.0 Å². The number of nitrogens with zero attached hydrogens (tertiary/aromatic N) is 1. The first kappa shape index (κ1) is 19.8. The highest BCUT2D eigenvalue weighted by Gasteiger charge is 2.20. The predicted octanol–water partition coefficient (Wildman–Crippen LogP) is 0.972. The summed E-state index contributed by atoms with van der Waals surface area (Å²) in [4.78, 5) is 0. The monoisotopic (exact) mass is 327 g/mol. The van der Waals surface area contributed by atoms with Crippen molar-refractivity contribution in [2.24, 2.45) is 0 Å². The van der Waals surface area contributed by atoms with Gasteiger partial charge >= 0.3 is 0 Å². The molecule has 121 valence electrons. The van der Waals surface area contributed by atoms with Crippen molar-refractivity contribution in [3.63, 3.8) is 0 Å². The van der Waals surface area contributed by atoms with Crippen LogP contribution in [-0.2, 0) is 20.0 Å². The Morgan fingerprint density at radius 2 is 1.55 bits per heavy atom. The maximum absolute atomic E-state index is 12.1. The standard InChI is InChI=1S/C12H27N2O4S2/c1-4-9-14(10-5-2)20(17,18)12-8-7-11-19(15,16)13-6-3/h7,13H,4-6,8-12H2,1-3H3. The van der Waals surface area contributed by atoms with Crippen LogP contribution in [0.2, 0.25) is 0 Å². The summed E-state index contributed by atoms with van der Waals surface area (Å²) in [6.45, 7) is 6.96. The van der Waals surface area contributed by atoms with E-state index in [2.05, 4.69) is 4.72 Å². The van der Waals surface area contributed by atoms with Crippen LogP contribution >= 0.6 is 0 Å². The third-order valence-electron chi connectivity index (χ3n) is 2.62. The van der Waals surface area contributed by atoms with E-state index in [-0.39, 0.29) is 17.9 Å². The zero-order chi connectivity index (χ0) is 15.6. The predicted molar refractivity (Wildman–Crippen MR) is 82.3 cm³/mol. The lowest BCUT2D eigenvalue weighted by atomic mass is 10.4. The summed E-state index contributed by atoms with van der Waals surface area (Å²) in [6.07, 6.45) is 3.30. The Hall–Kier alpha value is -0.180. The van der Waals surface area contributed by atoms with Gasteiger partial charge < -0.3 is 0 Å². The molecular weight excluding hydrogens is 300 g/mol. The van der Waals surface area contributed by atoms with E-state index in [0.29, 0.717) is 19.6 Å². The van der Waals surface area contributed by atoms with Crippen molar-refractivity contribution >= 4 is 20.0 Å². The van der Waals surface area contributed by atoms with Gasteiger partial charge in [0, 0.05) is 19.6 Å². The van der Waals surface area contributed by atoms with Gasteiger partial charge in [-0.2, -0.15) is 0 Å². The van der Waals surface area contributed by atoms with Crippen molar-refractivity contribution in [2.45, 2.75) is 40.0 Å². The van der Waals surface area contributed by atoms with Gasteiger partial charge in [0.25, 0.3) is 0 Å². The first-order valence-corrected chi connectivity index (χ1v) is 10.3. The molecule has 8 heteroatoms. The Balaban J connectivity index is 4.28.